The first-order valence-electron chi connectivity index (χ1n) is 16.3. The Balaban J connectivity index is 1.11. The van der Waals surface area contributed by atoms with Gasteiger partial charge in [0.25, 0.3) is 0 Å². The summed E-state index contributed by atoms with van der Waals surface area (Å²) in [4.78, 5) is 17.7. The van der Waals surface area contributed by atoms with Gasteiger partial charge in [0.05, 0.1) is 16.7 Å². The van der Waals surface area contributed by atoms with Crippen LogP contribution in [0, 0.1) is 0 Å². The van der Waals surface area contributed by atoms with Crippen LogP contribution in [0.2, 0.25) is 0 Å². The summed E-state index contributed by atoms with van der Waals surface area (Å²) >= 11 is 0. The lowest BCUT2D eigenvalue weighted by molar-refractivity contribution is 0.669. The fourth-order valence-electron chi connectivity index (χ4n) is 6.89. The first kappa shape index (κ1) is 28.8. The first-order chi connectivity index (χ1) is 24.0. The van der Waals surface area contributed by atoms with Crippen molar-refractivity contribution in [3.05, 3.63) is 178 Å². The number of benzene rings is 6. The molecule has 0 aliphatic carbocycles. The van der Waals surface area contributed by atoms with Gasteiger partial charge in [0.2, 0.25) is 0 Å². The summed E-state index contributed by atoms with van der Waals surface area (Å²) in [6, 6.07) is 47.9. The second-order valence-electron chi connectivity index (χ2n) is 12.5. The fourth-order valence-corrected chi connectivity index (χ4v) is 6.89. The molecule has 0 N–H and O–H groups in total. The second kappa shape index (κ2) is 11.4. The molecule has 0 fully saturated rings. The normalized spacial score (nSPS) is 14.6. The lowest BCUT2D eigenvalue weighted by atomic mass is 9.96. The minimum atomic E-state index is -0.384. The van der Waals surface area contributed by atoms with E-state index in [4.69, 9.17) is 14.7 Å². The van der Waals surface area contributed by atoms with Crippen molar-refractivity contribution in [1.82, 2.24) is 9.13 Å². The van der Waals surface area contributed by atoms with E-state index >= 15 is 0 Å². The third-order valence-corrected chi connectivity index (χ3v) is 9.53. The van der Waals surface area contributed by atoms with Crippen molar-refractivity contribution in [3.63, 3.8) is 0 Å². The van der Waals surface area contributed by atoms with E-state index < -0.39 is 0 Å². The van der Waals surface area contributed by atoms with Gasteiger partial charge >= 0.3 is 5.69 Å². The summed E-state index contributed by atoms with van der Waals surface area (Å²) < 4.78 is 9.57. The number of fused-ring (bicyclic) bond motifs is 4. The fraction of sp³-hybridized carbons (Fsp3) is 0.0698. The van der Waals surface area contributed by atoms with Crippen molar-refractivity contribution in [2.75, 3.05) is 0 Å². The van der Waals surface area contributed by atoms with E-state index in [1.165, 1.54) is 0 Å². The predicted octanol–water partition coefficient (Wildman–Crippen LogP) is 10.0. The van der Waals surface area contributed by atoms with Crippen LogP contribution in [0.15, 0.2) is 160 Å². The van der Waals surface area contributed by atoms with Crippen LogP contribution in [-0.4, -0.2) is 14.8 Å². The predicted molar refractivity (Wildman–Crippen MR) is 200 cm³/mol. The highest BCUT2D eigenvalue weighted by molar-refractivity contribution is 6.15. The maximum absolute atomic E-state index is 12.6. The maximum atomic E-state index is 12.6. The average molecular weight is 636 g/mol. The third kappa shape index (κ3) is 4.97. The molecule has 49 heavy (non-hydrogen) atoms. The van der Waals surface area contributed by atoms with Crippen LogP contribution < -0.4 is 5.69 Å². The Kier molecular flexibility index (Phi) is 6.69. The molecule has 6 nitrogen and oxygen atoms in total. The molecular formula is C43H31N4O2-. The van der Waals surface area contributed by atoms with Crippen molar-refractivity contribution < 1.29 is 4.42 Å². The molecule has 0 radical (unpaired) electrons. The lowest BCUT2D eigenvalue weighted by Gasteiger charge is -2.37. The van der Waals surface area contributed by atoms with Crippen molar-refractivity contribution in [2.24, 2.45) is 19.1 Å². The van der Waals surface area contributed by atoms with Crippen molar-refractivity contribution in [1.29, 1.82) is 0 Å². The SMILES string of the molecule is Cn1c(=O)n(C)c2cc(-c3cccc(C4=CC(c5cccc(-c6ccc7c(c6)oc6ccccc67)c5)=NC(c5ccccc5)[N-]4)c3)ccc21. The quantitative estimate of drug-likeness (QED) is 0.189. The van der Waals surface area contributed by atoms with E-state index in [9.17, 15) is 4.79 Å². The molecule has 6 heteroatoms. The Bertz CT molecular complexity index is 2690. The van der Waals surface area contributed by atoms with E-state index in [2.05, 4.69) is 103 Å². The minimum absolute atomic E-state index is 0.0371. The number of aryl methyl sites for hydroxylation is 2. The number of rotatable bonds is 5. The summed E-state index contributed by atoms with van der Waals surface area (Å²) in [5, 5.41) is 7.40. The standard InChI is InChI=1S/C43H31N4O2/c1-46-38-21-19-30(24-39(38)47(2)43(46)48)28-12-8-14-32(22-28)36-26-37(45-42(44-36)27-10-4-3-5-11-27)33-15-9-13-29(23-33)31-18-20-35-34-16-6-7-17-40(34)49-41(35)25-31/h3-26,42H,1-2H3/q-1. The number of furan rings is 1. The number of nitrogens with zero attached hydrogens (tertiary/aromatic N) is 4. The van der Waals surface area contributed by atoms with E-state index in [1.807, 2.05) is 49.5 Å². The molecule has 1 atom stereocenters. The second-order valence-corrected chi connectivity index (χ2v) is 12.5. The zero-order valence-electron chi connectivity index (χ0n) is 27.0. The van der Waals surface area contributed by atoms with E-state index in [0.717, 1.165) is 83.3 Å². The molecule has 9 rings (SSSR count). The minimum Gasteiger partial charge on any atom is -0.659 e. The van der Waals surface area contributed by atoms with Crippen LogP contribution in [0.1, 0.15) is 22.9 Å². The van der Waals surface area contributed by atoms with Gasteiger partial charge in [0.1, 0.15) is 11.2 Å². The highest BCUT2D eigenvalue weighted by Crippen LogP contribution is 2.39. The first-order valence-corrected chi connectivity index (χ1v) is 16.3. The van der Waals surface area contributed by atoms with Crippen molar-refractivity contribution in [3.8, 4) is 22.3 Å². The number of imidazole rings is 1. The molecule has 6 aromatic carbocycles. The van der Waals surface area contributed by atoms with E-state index in [-0.39, 0.29) is 11.9 Å². The molecule has 1 unspecified atom stereocenters. The Labute approximate surface area is 282 Å². The average Bonchev–Trinajstić information content (AvgIpc) is 3.64. The molecule has 0 amide bonds. The molecular weight excluding hydrogens is 604 g/mol. The number of allylic oxidation sites excluding steroid dienone is 1. The lowest BCUT2D eigenvalue weighted by Crippen LogP contribution is -2.19. The molecule has 0 saturated heterocycles. The van der Waals surface area contributed by atoms with Gasteiger partial charge in [-0.3, -0.25) is 14.1 Å². The summed E-state index contributed by atoms with van der Waals surface area (Å²) in [5.41, 5.74) is 12.6. The van der Waals surface area contributed by atoms with E-state index in [0.29, 0.717) is 0 Å². The number of hydrogen-bond acceptors (Lipinski definition) is 3. The monoisotopic (exact) mass is 635 g/mol. The van der Waals surface area contributed by atoms with Gasteiger partial charge in [-0.15, -0.1) is 5.70 Å². The van der Waals surface area contributed by atoms with Gasteiger partial charge in [-0.05, 0) is 75.8 Å². The molecule has 0 saturated carbocycles. The van der Waals surface area contributed by atoms with Crippen LogP contribution in [-0.2, 0) is 14.1 Å². The van der Waals surface area contributed by atoms with Gasteiger partial charge in [-0.1, -0.05) is 103 Å². The van der Waals surface area contributed by atoms with Crippen LogP contribution in [0.25, 0.3) is 66.2 Å². The van der Waals surface area contributed by atoms with Gasteiger partial charge in [-0.2, -0.15) is 0 Å². The van der Waals surface area contributed by atoms with Crippen LogP contribution >= 0.6 is 0 Å². The van der Waals surface area contributed by atoms with Gasteiger partial charge in [-0.25, -0.2) is 4.79 Å². The topological polar surface area (TPSA) is 66.5 Å². The molecule has 3 heterocycles. The molecule has 8 aromatic rings. The molecule has 1 aliphatic rings. The van der Waals surface area contributed by atoms with E-state index in [1.54, 1.807) is 16.2 Å². The molecule has 2 aromatic heterocycles. The Morgan fingerprint density at radius 2 is 1.20 bits per heavy atom. The summed E-state index contributed by atoms with van der Waals surface area (Å²) in [7, 11) is 3.62. The van der Waals surface area contributed by atoms with Gasteiger partial charge in [0, 0.05) is 36.6 Å². The van der Waals surface area contributed by atoms with Crippen molar-refractivity contribution in [2.45, 2.75) is 6.17 Å². The maximum Gasteiger partial charge on any atom is 0.328 e. The molecule has 1 aliphatic heterocycles. The number of hydrogen-bond donors (Lipinski definition) is 0. The Morgan fingerprint density at radius 3 is 2.04 bits per heavy atom. The van der Waals surface area contributed by atoms with Crippen LogP contribution in [0.3, 0.4) is 0 Å². The molecule has 0 bridgehead atoms. The summed E-state index contributed by atoms with van der Waals surface area (Å²) in [6.45, 7) is 0. The number of aliphatic imine (C=N–C) groups is 1. The summed E-state index contributed by atoms with van der Waals surface area (Å²) in [6.07, 6.45) is 1.70. The van der Waals surface area contributed by atoms with Crippen LogP contribution in [0.4, 0.5) is 0 Å². The van der Waals surface area contributed by atoms with Gasteiger partial charge < -0.3 is 9.73 Å². The Morgan fingerprint density at radius 1 is 0.571 bits per heavy atom. The van der Waals surface area contributed by atoms with Crippen LogP contribution in [0.5, 0.6) is 0 Å². The number of aromatic nitrogens is 2. The molecule has 236 valence electrons. The van der Waals surface area contributed by atoms with Crippen molar-refractivity contribution >= 4 is 44.4 Å². The zero-order chi connectivity index (χ0) is 33.1. The third-order valence-electron chi connectivity index (χ3n) is 9.53. The summed E-state index contributed by atoms with van der Waals surface area (Å²) in [5.74, 6) is 0. The number of para-hydroxylation sites is 1. The highest BCUT2D eigenvalue weighted by atomic mass is 16.3. The largest absolute Gasteiger partial charge is 0.659 e. The highest BCUT2D eigenvalue weighted by Gasteiger charge is 2.15. The molecule has 0 spiro atoms. The Hall–Kier alpha value is -6.40. The zero-order valence-corrected chi connectivity index (χ0v) is 27.0. The smallest absolute Gasteiger partial charge is 0.328 e. The van der Waals surface area contributed by atoms with Gasteiger partial charge in [0.15, 0.2) is 0 Å².